The zero-order valence-electron chi connectivity index (χ0n) is 29.6. The van der Waals surface area contributed by atoms with Gasteiger partial charge in [-0.25, -0.2) is 0 Å². The highest BCUT2D eigenvalue weighted by atomic mass is 16.3. The van der Waals surface area contributed by atoms with E-state index in [0.29, 0.717) is 0 Å². The van der Waals surface area contributed by atoms with Crippen LogP contribution in [0.4, 0.5) is 17.1 Å². The van der Waals surface area contributed by atoms with Crippen molar-refractivity contribution < 1.29 is 4.42 Å². The lowest BCUT2D eigenvalue weighted by molar-refractivity contribution is 0.674. The molecule has 10 aromatic rings. The molecule has 0 radical (unpaired) electrons. The first-order valence-electron chi connectivity index (χ1n) is 18.4. The van der Waals surface area contributed by atoms with Gasteiger partial charge < -0.3 is 9.32 Å². The molecule has 0 fully saturated rings. The Balaban J connectivity index is 1.19. The molecule has 254 valence electrons. The molecule has 0 saturated heterocycles. The molecule has 2 nitrogen and oxygen atoms in total. The number of hydrogen-bond acceptors (Lipinski definition) is 2. The van der Waals surface area contributed by atoms with Gasteiger partial charge in [0.15, 0.2) is 0 Å². The van der Waals surface area contributed by atoms with Gasteiger partial charge >= 0.3 is 0 Å². The van der Waals surface area contributed by atoms with E-state index in [4.69, 9.17) is 4.42 Å². The van der Waals surface area contributed by atoms with Crippen LogP contribution in [0.3, 0.4) is 0 Å². The monoisotopic (exact) mass is 689 g/mol. The molecule has 0 unspecified atom stereocenters. The largest absolute Gasteiger partial charge is 0.455 e. The number of benzene rings is 9. The summed E-state index contributed by atoms with van der Waals surface area (Å²) in [5.41, 5.74) is 14.2. The molecular weight excluding hydrogens is 655 g/mol. The second kappa shape index (κ2) is 13.4. The van der Waals surface area contributed by atoms with E-state index in [1.165, 1.54) is 22.1 Å². The molecule has 1 heterocycles. The Bertz CT molecular complexity index is 2920. The number of rotatable bonds is 7. The summed E-state index contributed by atoms with van der Waals surface area (Å²) in [7, 11) is 0. The Morgan fingerprint density at radius 2 is 0.815 bits per heavy atom. The van der Waals surface area contributed by atoms with Crippen LogP contribution in [0.2, 0.25) is 0 Å². The summed E-state index contributed by atoms with van der Waals surface area (Å²) in [6, 6.07) is 75.8. The molecular formula is C52H35NO. The average Bonchev–Trinajstić information content (AvgIpc) is 3.65. The van der Waals surface area contributed by atoms with E-state index in [9.17, 15) is 0 Å². The molecule has 10 rings (SSSR count). The molecule has 0 aliphatic carbocycles. The molecule has 0 atom stereocenters. The fourth-order valence-electron chi connectivity index (χ4n) is 7.88. The van der Waals surface area contributed by atoms with Crippen molar-refractivity contribution >= 4 is 49.8 Å². The van der Waals surface area contributed by atoms with E-state index in [1.807, 2.05) is 0 Å². The van der Waals surface area contributed by atoms with Gasteiger partial charge in [0, 0.05) is 38.5 Å². The summed E-state index contributed by atoms with van der Waals surface area (Å²) in [5.74, 6) is 0. The van der Waals surface area contributed by atoms with Crippen molar-refractivity contribution in [3.8, 4) is 44.5 Å². The Morgan fingerprint density at radius 1 is 0.296 bits per heavy atom. The summed E-state index contributed by atoms with van der Waals surface area (Å²) < 4.78 is 6.90. The van der Waals surface area contributed by atoms with Crippen LogP contribution in [0, 0.1) is 0 Å². The third kappa shape index (κ3) is 5.53. The SMILES string of the molecule is c1ccc(-c2ccc(-c3ccccc3N(c3cccc(-c4ccccc4)c3)c3ccccc3-c3cccc4c3oc3c5ccccc5ccc43)cc2)cc1. The van der Waals surface area contributed by atoms with Crippen LogP contribution in [-0.4, -0.2) is 0 Å². The predicted octanol–water partition coefficient (Wildman–Crippen LogP) is 14.9. The Hall–Kier alpha value is -7.16. The second-order valence-corrected chi connectivity index (χ2v) is 13.7. The van der Waals surface area contributed by atoms with Gasteiger partial charge in [-0.05, 0) is 63.5 Å². The summed E-state index contributed by atoms with van der Waals surface area (Å²) >= 11 is 0. The summed E-state index contributed by atoms with van der Waals surface area (Å²) in [5, 5.41) is 4.53. The lowest BCUT2D eigenvalue weighted by Crippen LogP contribution is -2.12. The van der Waals surface area contributed by atoms with E-state index < -0.39 is 0 Å². The van der Waals surface area contributed by atoms with Gasteiger partial charge in [-0.3, -0.25) is 0 Å². The molecule has 54 heavy (non-hydrogen) atoms. The van der Waals surface area contributed by atoms with Crippen molar-refractivity contribution in [2.24, 2.45) is 0 Å². The number of fused-ring (bicyclic) bond motifs is 5. The number of furan rings is 1. The zero-order chi connectivity index (χ0) is 35.8. The fraction of sp³-hybridized carbons (Fsp3) is 0. The van der Waals surface area contributed by atoms with Crippen LogP contribution in [-0.2, 0) is 0 Å². The van der Waals surface area contributed by atoms with E-state index in [1.54, 1.807) is 0 Å². The molecule has 0 aliphatic heterocycles. The maximum atomic E-state index is 6.90. The van der Waals surface area contributed by atoms with E-state index >= 15 is 0 Å². The summed E-state index contributed by atoms with van der Waals surface area (Å²) in [6.07, 6.45) is 0. The molecule has 0 saturated carbocycles. The van der Waals surface area contributed by atoms with E-state index in [2.05, 4.69) is 217 Å². The molecule has 0 aliphatic rings. The Labute approximate surface area is 314 Å². The van der Waals surface area contributed by atoms with Gasteiger partial charge in [0.2, 0.25) is 0 Å². The average molecular weight is 690 g/mol. The number of hydrogen-bond donors (Lipinski definition) is 0. The lowest BCUT2D eigenvalue weighted by Gasteiger charge is -2.30. The quantitative estimate of drug-likeness (QED) is 0.166. The molecule has 0 spiro atoms. The molecule has 9 aromatic carbocycles. The van der Waals surface area contributed by atoms with Crippen LogP contribution in [0.1, 0.15) is 0 Å². The highest BCUT2D eigenvalue weighted by molar-refractivity contribution is 6.17. The molecule has 0 amide bonds. The van der Waals surface area contributed by atoms with E-state index in [-0.39, 0.29) is 0 Å². The first-order valence-corrected chi connectivity index (χ1v) is 18.4. The molecule has 1 aromatic heterocycles. The third-order valence-electron chi connectivity index (χ3n) is 10.5. The maximum absolute atomic E-state index is 6.90. The number of para-hydroxylation sites is 3. The van der Waals surface area contributed by atoms with E-state index in [0.717, 1.165) is 72.2 Å². The van der Waals surface area contributed by atoms with Crippen molar-refractivity contribution in [1.29, 1.82) is 0 Å². The minimum absolute atomic E-state index is 0.888. The number of nitrogens with zero attached hydrogens (tertiary/aromatic N) is 1. The first-order chi connectivity index (χ1) is 26.8. The van der Waals surface area contributed by atoms with Crippen LogP contribution in [0.25, 0.3) is 77.2 Å². The maximum Gasteiger partial charge on any atom is 0.143 e. The topological polar surface area (TPSA) is 16.4 Å². The predicted molar refractivity (Wildman–Crippen MR) is 228 cm³/mol. The molecule has 0 N–H and O–H groups in total. The van der Waals surface area contributed by atoms with Gasteiger partial charge in [0.05, 0.1) is 11.4 Å². The standard InChI is InChI=1S/C52H35NO/c1-3-15-36(16-4-1)38-29-31-40(32-30-38)43-22-9-11-27-49(43)53(42-21-13-20-41(35-42)37-17-5-2-6-18-37)50-28-12-10-24-45(50)46-25-14-26-47-48-34-33-39-19-7-8-23-44(39)51(48)54-52(46)47/h1-35H. The minimum atomic E-state index is 0.888. The normalized spacial score (nSPS) is 11.3. The van der Waals surface area contributed by atoms with Gasteiger partial charge in [-0.2, -0.15) is 0 Å². The van der Waals surface area contributed by atoms with Gasteiger partial charge in [0.1, 0.15) is 11.2 Å². The van der Waals surface area contributed by atoms with Crippen molar-refractivity contribution in [1.82, 2.24) is 0 Å². The Morgan fingerprint density at radius 3 is 1.59 bits per heavy atom. The van der Waals surface area contributed by atoms with Crippen LogP contribution in [0.15, 0.2) is 217 Å². The van der Waals surface area contributed by atoms with Crippen LogP contribution >= 0.6 is 0 Å². The fourth-order valence-corrected chi connectivity index (χ4v) is 7.88. The first kappa shape index (κ1) is 31.6. The van der Waals surface area contributed by atoms with Gasteiger partial charge in [-0.15, -0.1) is 0 Å². The summed E-state index contributed by atoms with van der Waals surface area (Å²) in [4.78, 5) is 2.42. The van der Waals surface area contributed by atoms with Crippen LogP contribution in [0.5, 0.6) is 0 Å². The highest BCUT2D eigenvalue weighted by Gasteiger charge is 2.23. The summed E-state index contributed by atoms with van der Waals surface area (Å²) in [6.45, 7) is 0. The zero-order valence-corrected chi connectivity index (χ0v) is 29.6. The van der Waals surface area contributed by atoms with Crippen molar-refractivity contribution in [3.63, 3.8) is 0 Å². The van der Waals surface area contributed by atoms with Crippen molar-refractivity contribution in [3.05, 3.63) is 212 Å². The van der Waals surface area contributed by atoms with Gasteiger partial charge in [0.25, 0.3) is 0 Å². The van der Waals surface area contributed by atoms with Crippen molar-refractivity contribution in [2.75, 3.05) is 4.90 Å². The molecule has 2 heteroatoms. The van der Waals surface area contributed by atoms with Crippen LogP contribution < -0.4 is 4.90 Å². The third-order valence-corrected chi connectivity index (χ3v) is 10.5. The number of anilines is 3. The highest BCUT2D eigenvalue weighted by Crippen LogP contribution is 2.47. The second-order valence-electron chi connectivity index (χ2n) is 13.7. The van der Waals surface area contributed by atoms with Crippen molar-refractivity contribution in [2.45, 2.75) is 0 Å². The lowest BCUT2D eigenvalue weighted by atomic mass is 9.96. The Kier molecular flexibility index (Phi) is 7.85. The van der Waals surface area contributed by atoms with Gasteiger partial charge in [-0.1, -0.05) is 182 Å². The molecule has 0 bridgehead atoms. The smallest absolute Gasteiger partial charge is 0.143 e. The minimum Gasteiger partial charge on any atom is -0.455 e.